The van der Waals surface area contributed by atoms with E-state index in [0.717, 1.165) is 72.8 Å². The molecule has 1 aliphatic heterocycles. The number of anilines is 3. The Kier molecular flexibility index (Phi) is 10.8. The number of ketones is 1. The lowest BCUT2D eigenvalue weighted by molar-refractivity contribution is 0.0959. The standard InChI is InChI=1S/C39H50N6O2/c1-7-44(8-2)32-19-13-30(14-20-32)35(46)25-34(29-21-23-40-24-22-29)28-11-15-31(16-12-28)41-38(47)42-37-26-36(39(4,5)6)43-45(37)33-17-9-27(3)10-18-33/h9-20,26,29,34,40H,7-8,21-25H2,1-6H3,(H2,41,42,47). The van der Waals surface area contributed by atoms with Crippen molar-refractivity contribution in [3.8, 4) is 5.69 Å². The van der Waals surface area contributed by atoms with Crippen molar-refractivity contribution in [2.45, 2.75) is 72.1 Å². The number of nitrogens with zero attached hydrogens (tertiary/aromatic N) is 3. The van der Waals surface area contributed by atoms with Gasteiger partial charge in [0.2, 0.25) is 0 Å². The molecular weight excluding hydrogens is 584 g/mol. The van der Waals surface area contributed by atoms with Gasteiger partial charge in [0, 0.05) is 47.9 Å². The summed E-state index contributed by atoms with van der Waals surface area (Å²) >= 11 is 0. The van der Waals surface area contributed by atoms with Crippen LogP contribution in [-0.2, 0) is 5.41 Å². The highest BCUT2D eigenvalue weighted by Gasteiger charge is 2.28. The van der Waals surface area contributed by atoms with Crippen molar-refractivity contribution in [3.63, 3.8) is 0 Å². The third kappa shape index (κ3) is 8.49. The summed E-state index contributed by atoms with van der Waals surface area (Å²) in [4.78, 5) is 29.1. The van der Waals surface area contributed by atoms with Gasteiger partial charge in [-0.25, -0.2) is 9.48 Å². The van der Waals surface area contributed by atoms with Crippen LogP contribution in [-0.4, -0.2) is 47.8 Å². The van der Waals surface area contributed by atoms with E-state index in [1.165, 1.54) is 0 Å². The monoisotopic (exact) mass is 634 g/mol. The number of aromatic nitrogens is 2. The summed E-state index contributed by atoms with van der Waals surface area (Å²) in [6.45, 7) is 16.4. The van der Waals surface area contributed by atoms with Gasteiger partial charge in [-0.3, -0.25) is 10.1 Å². The molecule has 1 unspecified atom stereocenters. The average molecular weight is 635 g/mol. The molecule has 1 fully saturated rings. The van der Waals surface area contributed by atoms with E-state index in [4.69, 9.17) is 5.10 Å². The van der Waals surface area contributed by atoms with Crippen LogP contribution in [0.3, 0.4) is 0 Å². The molecule has 8 heteroatoms. The van der Waals surface area contributed by atoms with Crippen molar-refractivity contribution in [2.75, 3.05) is 41.7 Å². The first-order valence-corrected chi connectivity index (χ1v) is 17.0. The molecule has 3 aromatic carbocycles. The Morgan fingerprint density at radius 2 is 1.55 bits per heavy atom. The van der Waals surface area contributed by atoms with Crippen LogP contribution in [0, 0.1) is 12.8 Å². The minimum atomic E-state index is -0.343. The zero-order valence-corrected chi connectivity index (χ0v) is 28.8. The second-order valence-electron chi connectivity index (χ2n) is 13.7. The van der Waals surface area contributed by atoms with Crippen LogP contribution in [0.15, 0.2) is 78.9 Å². The van der Waals surface area contributed by atoms with Gasteiger partial charge >= 0.3 is 6.03 Å². The lowest BCUT2D eigenvalue weighted by Crippen LogP contribution is -2.31. The maximum Gasteiger partial charge on any atom is 0.324 e. The number of aryl methyl sites for hydroxylation is 1. The van der Waals surface area contributed by atoms with Crippen molar-refractivity contribution in [1.82, 2.24) is 15.1 Å². The van der Waals surface area contributed by atoms with Crippen LogP contribution < -0.4 is 20.9 Å². The Bertz CT molecular complexity index is 1620. The number of hydrogen-bond donors (Lipinski definition) is 3. The normalized spacial score (nSPS) is 14.4. The number of carbonyl (C=O) groups excluding carboxylic acids is 2. The Balaban J connectivity index is 1.30. The molecule has 2 amide bonds. The van der Waals surface area contributed by atoms with E-state index < -0.39 is 0 Å². The van der Waals surface area contributed by atoms with Gasteiger partial charge in [-0.05, 0) is 113 Å². The molecule has 5 rings (SSSR count). The van der Waals surface area contributed by atoms with E-state index in [0.29, 0.717) is 23.8 Å². The first kappa shape index (κ1) is 33.9. The number of carbonyl (C=O) groups is 2. The van der Waals surface area contributed by atoms with Crippen LogP contribution >= 0.6 is 0 Å². The largest absolute Gasteiger partial charge is 0.372 e. The number of piperidine rings is 1. The van der Waals surface area contributed by atoms with Gasteiger partial charge in [0.15, 0.2) is 5.78 Å². The van der Waals surface area contributed by atoms with E-state index in [1.54, 1.807) is 4.68 Å². The van der Waals surface area contributed by atoms with Gasteiger partial charge in [0.1, 0.15) is 5.82 Å². The maximum absolute atomic E-state index is 13.6. The Morgan fingerprint density at radius 1 is 0.915 bits per heavy atom. The van der Waals surface area contributed by atoms with E-state index in [9.17, 15) is 9.59 Å². The second kappa shape index (κ2) is 15.0. The number of amides is 2. The van der Waals surface area contributed by atoms with Gasteiger partial charge < -0.3 is 15.5 Å². The molecule has 0 saturated carbocycles. The minimum Gasteiger partial charge on any atom is -0.372 e. The van der Waals surface area contributed by atoms with Crippen molar-refractivity contribution >= 4 is 29.0 Å². The molecule has 1 saturated heterocycles. The van der Waals surface area contributed by atoms with Gasteiger partial charge in [-0.1, -0.05) is 50.6 Å². The highest BCUT2D eigenvalue weighted by molar-refractivity contribution is 5.99. The third-order valence-corrected chi connectivity index (χ3v) is 9.27. The summed E-state index contributed by atoms with van der Waals surface area (Å²) in [7, 11) is 0. The molecule has 0 bridgehead atoms. The molecule has 1 aromatic heterocycles. The molecule has 0 radical (unpaired) electrons. The summed E-state index contributed by atoms with van der Waals surface area (Å²) in [5.41, 5.74) is 6.45. The van der Waals surface area contributed by atoms with Crippen molar-refractivity contribution in [1.29, 1.82) is 0 Å². The van der Waals surface area contributed by atoms with E-state index in [1.807, 2.05) is 61.5 Å². The fourth-order valence-corrected chi connectivity index (χ4v) is 6.38. The topological polar surface area (TPSA) is 91.3 Å². The zero-order chi connectivity index (χ0) is 33.6. The average Bonchev–Trinajstić information content (AvgIpc) is 3.50. The van der Waals surface area contributed by atoms with Crippen LogP contribution in [0.25, 0.3) is 5.69 Å². The molecule has 1 aliphatic rings. The van der Waals surface area contributed by atoms with Crippen molar-refractivity contribution in [2.24, 2.45) is 5.92 Å². The molecule has 8 nitrogen and oxygen atoms in total. The highest BCUT2D eigenvalue weighted by atomic mass is 16.2. The first-order chi connectivity index (χ1) is 22.5. The Morgan fingerprint density at radius 3 is 2.15 bits per heavy atom. The molecule has 2 heterocycles. The van der Waals surface area contributed by atoms with Crippen LogP contribution in [0.2, 0.25) is 0 Å². The lowest BCUT2D eigenvalue weighted by atomic mass is 9.77. The predicted molar refractivity (Wildman–Crippen MR) is 193 cm³/mol. The van der Waals surface area contributed by atoms with Crippen LogP contribution in [0.1, 0.15) is 87.0 Å². The van der Waals surface area contributed by atoms with Gasteiger partial charge in [-0.2, -0.15) is 5.10 Å². The van der Waals surface area contributed by atoms with Crippen LogP contribution in [0.5, 0.6) is 0 Å². The van der Waals surface area contributed by atoms with Gasteiger partial charge in [-0.15, -0.1) is 0 Å². The van der Waals surface area contributed by atoms with Crippen LogP contribution in [0.4, 0.5) is 22.0 Å². The number of benzene rings is 3. The predicted octanol–water partition coefficient (Wildman–Crippen LogP) is 8.32. The first-order valence-electron chi connectivity index (χ1n) is 17.0. The SMILES string of the molecule is CCN(CC)c1ccc(C(=O)CC(c2ccc(NC(=O)Nc3cc(C(C)(C)C)nn3-c3ccc(C)cc3)cc2)C2CCNCC2)cc1. The van der Waals surface area contributed by atoms with Gasteiger partial charge in [0.25, 0.3) is 0 Å². The summed E-state index contributed by atoms with van der Waals surface area (Å²) in [6.07, 6.45) is 2.53. The van der Waals surface area contributed by atoms with Crippen molar-refractivity contribution in [3.05, 3.63) is 101 Å². The molecule has 1 atom stereocenters. The molecule has 248 valence electrons. The fourth-order valence-electron chi connectivity index (χ4n) is 6.38. The summed E-state index contributed by atoms with van der Waals surface area (Å²) in [6, 6.07) is 25.7. The molecule has 4 aromatic rings. The third-order valence-electron chi connectivity index (χ3n) is 9.27. The fraction of sp³-hybridized carbons (Fsp3) is 0.410. The summed E-state index contributed by atoms with van der Waals surface area (Å²) in [5, 5.41) is 14.3. The molecular formula is C39H50N6O2. The minimum absolute atomic E-state index is 0.106. The van der Waals surface area contributed by atoms with E-state index in [-0.39, 0.29) is 23.1 Å². The number of Topliss-reactive ketones (excluding diaryl/α,β-unsaturated/α-hetero) is 1. The van der Waals surface area contributed by atoms with E-state index >= 15 is 0 Å². The van der Waals surface area contributed by atoms with Crippen molar-refractivity contribution < 1.29 is 9.59 Å². The van der Waals surface area contributed by atoms with E-state index in [2.05, 4.69) is 79.7 Å². The van der Waals surface area contributed by atoms with Gasteiger partial charge in [0.05, 0.1) is 11.4 Å². The quantitative estimate of drug-likeness (QED) is 0.144. The molecule has 0 spiro atoms. The Hall–Kier alpha value is -4.43. The number of urea groups is 1. The zero-order valence-electron chi connectivity index (χ0n) is 28.8. The Labute approximate surface area is 280 Å². The smallest absolute Gasteiger partial charge is 0.324 e. The number of rotatable bonds is 11. The highest BCUT2D eigenvalue weighted by Crippen LogP contribution is 2.36. The number of hydrogen-bond acceptors (Lipinski definition) is 5. The maximum atomic E-state index is 13.6. The molecule has 3 N–H and O–H groups in total. The molecule has 0 aliphatic carbocycles. The number of nitrogens with one attached hydrogen (secondary N) is 3. The lowest BCUT2D eigenvalue weighted by Gasteiger charge is -2.31. The second-order valence-corrected chi connectivity index (χ2v) is 13.7. The summed E-state index contributed by atoms with van der Waals surface area (Å²) in [5.74, 6) is 1.29. The molecule has 47 heavy (non-hydrogen) atoms. The summed E-state index contributed by atoms with van der Waals surface area (Å²) < 4.78 is 1.78.